The zero-order valence-electron chi connectivity index (χ0n) is 10.6. The van der Waals surface area contributed by atoms with Crippen LogP contribution in [-0.2, 0) is 14.4 Å². The van der Waals surface area contributed by atoms with E-state index in [1.807, 2.05) is 0 Å². The molecule has 2 N–H and O–H groups in total. The Morgan fingerprint density at radius 3 is 2.05 bits per heavy atom. The molecule has 1 aromatic rings. The fourth-order valence-corrected chi connectivity index (χ4v) is 2.10. The van der Waals surface area contributed by atoms with Crippen LogP contribution >= 0.6 is 0 Å². The Labute approximate surface area is 119 Å². The molecule has 0 radical (unpaired) electrons. The van der Waals surface area contributed by atoms with Crippen LogP contribution < -0.4 is 0 Å². The first kappa shape index (κ1) is 14.4. The highest BCUT2D eigenvalue weighted by atomic mass is 16.4. The van der Waals surface area contributed by atoms with E-state index in [0.29, 0.717) is 0 Å². The summed E-state index contributed by atoms with van der Waals surface area (Å²) in [7, 11) is 0. The van der Waals surface area contributed by atoms with E-state index in [0.717, 1.165) is 12.2 Å². The number of carboxylic acid groups (broad SMARTS) is 2. The van der Waals surface area contributed by atoms with Crippen LogP contribution in [0.5, 0.6) is 0 Å². The summed E-state index contributed by atoms with van der Waals surface area (Å²) in [6.07, 6.45) is 1.82. The van der Waals surface area contributed by atoms with Gasteiger partial charge in [0.2, 0.25) is 0 Å². The van der Waals surface area contributed by atoms with E-state index < -0.39 is 40.6 Å². The fraction of sp³-hybridized carbons (Fsp3) is 0.0667. The van der Waals surface area contributed by atoms with Crippen LogP contribution in [0.15, 0.2) is 53.6 Å². The van der Waals surface area contributed by atoms with Crippen molar-refractivity contribution in [3.05, 3.63) is 59.2 Å². The van der Waals surface area contributed by atoms with Gasteiger partial charge in [0.1, 0.15) is 5.92 Å². The second-order valence-electron chi connectivity index (χ2n) is 4.34. The second kappa shape index (κ2) is 5.54. The highest BCUT2D eigenvalue weighted by Crippen LogP contribution is 2.27. The number of hydrogen-bond acceptors (Lipinski definition) is 4. The average molecular weight is 286 g/mol. The van der Waals surface area contributed by atoms with Crippen LogP contribution in [0.2, 0.25) is 0 Å². The van der Waals surface area contributed by atoms with Gasteiger partial charge in [-0.25, -0.2) is 9.59 Å². The van der Waals surface area contributed by atoms with Gasteiger partial charge in [-0.1, -0.05) is 30.3 Å². The maximum Gasteiger partial charge on any atom is 0.336 e. The highest BCUT2D eigenvalue weighted by molar-refractivity contribution is 6.23. The minimum absolute atomic E-state index is 0.148. The number of hydrogen-bond donors (Lipinski definition) is 2. The first-order valence-electron chi connectivity index (χ1n) is 5.95. The van der Waals surface area contributed by atoms with Crippen molar-refractivity contribution in [3.8, 4) is 0 Å². The van der Waals surface area contributed by atoms with Crippen molar-refractivity contribution in [2.24, 2.45) is 5.92 Å². The van der Waals surface area contributed by atoms with Crippen LogP contribution in [0.4, 0.5) is 0 Å². The Morgan fingerprint density at radius 1 is 0.905 bits per heavy atom. The van der Waals surface area contributed by atoms with Gasteiger partial charge in [-0.2, -0.15) is 0 Å². The molecule has 1 unspecified atom stereocenters. The monoisotopic (exact) mass is 286 g/mol. The first-order chi connectivity index (χ1) is 9.93. The number of benzene rings is 1. The van der Waals surface area contributed by atoms with Gasteiger partial charge in [-0.15, -0.1) is 0 Å². The molecule has 0 aromatic heterocycles. The number of carbonyl (C=O) groups is 4. The lowest BCUT2D eigenvalue weighted by molar-refractivity contribution is -0.136. The zero-order chi connectivity index (χ0) is 15.6. The maximum atomic E-state index is 12.3. The molecule has 0 heterocycles. The summed E-state index contributed by atoms with van der Waals surface area (Å²) in [5, 5.41) is 18.2. The third kappa shape index (κ3) is 2.64. The molecule has 0 aliphatic heterocycles. The number of aliphatic carboxylic acids is 2. The summed E-state index contributed by atoms with van der Waals surface area (Å²) in [6, 6.07) is 7.68. The SMILES string of the molecule is O=C(O)C1=C(C(=O)O)C(C(=O)c2ccccc2)C(=O)C=C1. The average Bonchev–Trinajstić information content (AvgIpc) is 2.46. The number of Topliss-reactive ketones (excluding diaryl/α,β-unsaturated/α-hetero) is 1. The van der Waals surface area contributed by atoms with Crippen molar-refractivity contribution in [1.29, 1.82) is 0 Å². The summed E-state index contributed by atoms with van der Waals surface area (Å²) >= 11 is 0. The van der Waals surface area contributed by atoms with Gasteiger partial charge >= 0.3 is 11.9 Å². The Balaban J connectivity index is 2.57. The number of carbonyl (C=O) groups excluding carboxylic acids is 2. The molecule has 0 saturated carbocycles. The van der Waals surface area contributed by atoms with Crippen LogP contribution in [0.1, 0.15) is 10.4 Å². The van der Waals surface area contributed by atoms with E-state index >= 15 is 0 Å². The molecule has 0 amide bonds. The number of allylic oxidation sites excluding steroid dienone is 1. The molecule has 6 nitrogen and oxygen atoms in total. The predicted molar refractivity (Wildman–Crippen MR) is 70.7 cm³/mol. The molecule has 1 aromatic carbocycles. The second-order valence-corrected chi connectivity index (χ2v) is 4.34. The van der Waals surface area contributed by atoms with Crippen molar-refractivity contribution in [2.75, 3.05) is 0 Å². The summed E-state index contributed by atoms with van der Waals surface area (Å²) in [5.74, 6) is -6.21. The molecule has 1 aliphatic carbocycles. The van der Waals surface area contributed by atoms with Gasteiger partial charge < -0.3 is 10.2 Å². The first-order valence-corrected chi connectivity index (χ1v) is 5.95. The van der Waals surface area contributed by atoms with Gasteiger partial charge in [0.05, 0.1) is 11.1 Å². The quantitative estimate of drug-likeness (QED) is 0.633. The molecule has 6 heteroatoms. The molecule has 0 saturated heterocycles. The van der Waals surface area contributed by atoms with E-state index in [-0.39, 0.29) is 5.56 Å². The van der Waals surface area contributed by atoms with E-state index in [2.05, 4.69) is 0 Å². The molecule has 0 fully saturated rings. The van der Waals surface area contributed by atoms with Crippen molar-refractivity contribution >= 4 is 23.5 Å². The van der Waals surface area contributed by atoms with Crippen molar-refractivity contribution in [3.63, 3.8) is 0 Å². The van der Waals surface area contributed by atoms with Gasteiger partial charge in [0, 0.05) is 5.56 Å². The Bertz CT molecular complexity index is 696. The van der Waals surface area contributed by atoms with E-state index in [1.54, 1.807) is 18.2 Å². The lowest BCUT2D eigenvalue weighted by atomic mass is 9.81. The third-order valence-corrected chi connectivity index (χ3v) is 3.06. The topological polar surface area (TPSA) is 109 Å². The standard InChI is InChI=1S/C15H10O6/c16-10-7-6-9(14(18)19)11(15(20)21)12(10)13(17)8-4-2-1-3-5-8/h1-7,12H,(H,18,19)(H,20,21). The van der Waals surface area contributed by atoms with Crippen LogP contribution in [-0.4, -0.2) is 33.7 Å². The lowest BCUT2D eigenvalue weighted by Gasteiger charge is -2.18. The minimum Gasteiger partial charge on any atom is -0.478 e. The normalized spacial score (nSPS) is 17.7. The van der Waals surface area contributed by atoms with Crippen molar-refractivity contribution < 1.29 is 29.4 Å². The van der Waals surface area contributed by atoms with Crippen molar-refractivity contribution in [2.45, 2.75) is 0 Å². The minimum atomic E-state index is -1.64. The molecule has 0 spiro atoms. The summed E-state index contributed by atoms with van der Waals surface area (Å²) in [5.41, 5.74) is -1.12. The van der Waals surface area contributed by atoms with Crippen LogP contribution in [0.25, 0.3) is 0 Å². The molecule has 21 heavy (non-hydrogen) atoms. The molecule has 1 atom stereocenters. The number of ketones is 2. The molecular weight excluding hydrogens is 276 g/mol. The summed E-state index contributed by atoms with van der Waals surface area (Å²) < 4.78 is 0. The van der Waals surface area contributed by atoms with E-state index in [9.17, 15) is 24.3 Å². The summed E-state index contributed by atoms with van der Waals surface area (Å²) in [6.45, 7) is 0. The lowest BCUT2D eigenvalue weighted by Crippen LogP contribution is -2.32. The van der Waals surface area contributed by atoms with Gasteiger partial charge in [0.15, 0.2) is 11.6 Å². The third-order valence-electron chi connectivity index (χ3n) is 3.06. The molecule has 1 aliphatic rings. The Hall–Kier alpha value is -3.02. The van der Waals surface area contributed by atoms with Crippen LogP contribution in [0.3, 0.4) is 0 Å². The summed E-state index contributed by atoms with van der Waals surface area (Å²) in [4.78, 5) is 46.6. The molecule has 2 rings (SSSR count). The number of carboxylic acids is 2. The van der Waals surface area contributed by atoms with E-state index in [1.165, 1.54) is 12.1 Å². The smallest absolute Gasteiger partial charge is 0.336 e. The van der Waals surface area contributed by atoms with Gasteiger partial charge in [-0.05, 0) is 12.2 Å². The predicted octanol–water partition coefficient (Wildman–Crippen LogP) is 1.09. The van der Waals surface area contributed by atoms with Crippen LogP contribution in [0, 0.1) is 5.92 Å². The molecule has 0 bridgehead atoms. The largest absolute Gasteiger partial charge is 0.478 e. The van der Waals surface area contributed by atoms with Gasteiger partial charge in [-0.3, -0.25) is 9.59 Å². The zero-order valence-corrected chi connectivity index (χ0v) is 10.6. The van der Waals surface area contributed by atoms with Crippen molar-refractivity contribution in [1.82, 2.24) is 0 Å². The van der Waals surface area contributed by atoms with Gasteiger partial charge in [0.25, 0.3) is 0 Å². The fourth-order valence-electron chi connectivity index (χ4n) is 2.10. The maximum absolute atomic E-state index is 12.3. The molecule has 106 valence electrons. The highest BCUT2D eigenvalue weighted by Gasteiger charge is 2.39. The Kier molecular flexibility index (Phi) is 3.80. The Morgan fingerprint density at radius 2 is 1.52 bits per heavy atom. The molecular formula is C15H10O6. The van der Waals surface area contributed by atoms with E-state index in [4.69, 9.17) is 5.11 Å². The number of rotatable bonds is 4.